The minimum atomic E-state index is 0.138. The highest BCUT2D eigenvalue weighted by Crippen LogP contribution is 2.26. The van der Waals surface area contributed by atoms with E-state index in [4.69, 9.17) is 11.6 Å². The molecule has 1 saturated heterocycles. The number of rotatable bonds is 5. The second-order valence-electron chi connectivity index (χ2n) is 6.40. The van der Waals surface area contributed by atoms with Gasteiger partial charge in [-0.2, -0.15) is 0 Å². The Bertz CT molecular complexity index is 710. The maximum atomic E-state index is 12.8. The molecule has 0 spiro atoms. The topological polar surface area (TPSA) is 23.6 Å². The van der Waals surface area contributed by atoms with Gasteiger partial charge in [0, 0.05) is 30.4 Å². The average molecular weight is 375 g/mol. The molecule has 1 heterocycles. The van der Waals surface area contributed by atoms with Gasteiger partial charge in [0.1, 0.15) is 0 Å². The zero-order valence-electron chi connectivity index (χ0n) is 14.4. The molecular weight excluding hydrogens is 352 g/mol. The number of likely N-dealkylation sites (N-methyl/N-ethyl adjacent to an activating group) is 1. The standard InChI is InChI=1S/C20H23ClN2OS/c1-22-10-11-23(19(13-22)17-7-3-2-4-8-17)20(24)15-25-14-16-6-5-9-18(21)12-16/h2-9,12,19H,10-11,13-15H2,1H3. The maximum absolute atomic E-state index is 12.8. The summed E-state index contributed by atoms with van der Waals surface area (Å²) in [6, 6.07) is 18.3. The largest absolute Gasteiger partial charge is 0.332 e. The molecule has 1 aliphatic heterocycles. The number of benzene rings is 2. The second-order valence-corrected chi connectivity index (χ2v) is 7.82. The molecule has 1 atom stereocenters. The number of piperazine rings is 1. The lowest BCUT2D eigenvalue weighted by Gasteiger charge is -2.40. The van der Waals surface area contributed by atoms with Gasteiger partial charge >= 0.3 is 0 Å². The normalized spacial score (nSPS) is 18.3. The predicted octanol–water partition coefficient (Wildman–Crippen LogP) is 4.09. The molecule has 1 aliphatic rings. The molecule has 2 aromatic carbocycles. The Kier molecular flexibility index (Phi) is 6.40. The Morgan fingerprint density at radius 2 is 1.96 bits per heavy atom. The SMILES string of the molecule is CN1CCN(C(=O)CSCc2cccc(Cl)c2)C(c2ccccc2)C1. The summed E-state index contributed by atoms with van der Waals surface area (Å²) in [5.41, 5.74) is 2.37. The Balaban J connectivity index is 1.61. The quantitative estimate of drug-likeness (QED) is 0.787. The number of thioether (sulfide) groups is 1. The number of hydrogen-bond donors (Lipinski definition) is 0. The van der Waals surface area contributed by atoms with Gasteiger partial charge in [-0.3, -0.25) is 4.79 Å². The number of nitrogens with zero attached hydrogens (tertiary/aromatic N) is 2. The van der Waals surface area contributed by atoms with Crippen molar-refractivity contribution in [3.63, 3.8) is 0 Å². The van der Waals surface area contributed by atoms with Crippen molar-refractivity contribution in [3.8, 4) is 0 Å². The summed E-state index contributed by atoms with van der Waals surface area (Å²) in [6.45, 7) is 2.59. The van der Waals surface area contributed by atoms with Crippen LogP contribution in [0.15, 0.2) is 54.6 Å². The van der Waals surface area contributed by atoms with Gasteiger partial charge in [-0.25, -0.2) is 0 Å². The van der Waals surface area contributed by atoms with Gasteiger partial charge < -0.3 is 9.80 Å². The van der Waals surface area contributed by atoms with Crippen molar-refractivity contribution in [2.24, 2.45) is 0 Å². The Morgan fingerprint density at radius 3 is 2.72 bits per heavy atom. The first kappa shape index (κ1) is 18.3. The van der Waals surface area contributed by atoms with Crippen molar-refractivity contribution < 1.29 is 4.79 Å². The summed E-state index contributed by atoms with van der Waals surface area (Å²) < 4.78 is 0. The van der Waals surface area contributed by atoms with Crippen LogP contribution in [-0.4, -0.2) is 48.1 Å². The van der Waals surface area contributed by atoms with Crippen LogP contribution in [0.1, 0.15) is 17.2 Å². The van der Waals surface area contributed by atoms with Crippen LogP contribution in [0.25, 0.3) is 0 Å². The molecule has 132 valence electrons. The van der Waals surface area contributed by atoms with Gasteiger partial charge in [0.25, 0.3) is 0 Å². The van der Waals surface area contributed by atoms with E-state index < -0.39 is 0 Å². The number of amides is 1. The van der Waals surface area contributed by atoms with Gasteiger partial charge in [0.15, 0.2) is 0 Å². The number of carbonyl (C=O) groups is 1. The minimum Gasteiger partial charge on any atom is -0.332 e. The van der Waals surface area contributed by atoms with Crippen molar-refractivity contribution in [3.05, 3.63) is 70.7 Å². The molecule has 1 amide bonds. The van der Waals surface area contributed by atoms with Gasteiger partial charge in [0.2, 0.25) is 5.91 Å². The Labute approximate surface area is 159 Å². The zero-order chi connectivity index (χ0) is 17.6. The lowest BCUT2D eigenvalue weighted by molar-refractivity contribution is -0.133. The van der Waals surface area contributed by atoms with Crippen LogP contribution in [0.3, 0.4) is 0 Å². The number of halogens is 1. The highest BCUT2D eigenvalue weighted by Gasteiger charge is 2.29. The van der Waals surface area contributed by atoms with E-state index in [2.05, 4.69) is 24.1 Å². The summed E-state index contributed by atoms with van der Waals surface area (Å²) in [5.74, 6) is 1.52. The molecule has 0 radical (unpaired) electrons. The highest BCUT2D eigenvalue weighted by atomic mass is 35.5. The van der Waals surface area contributed by atoms with Gasteiger partial charge in [-0.05, 0) is 30.3 Å². The van der Waals surface area contributed by atoms with E-state index in [0.717, 1.165) is 36.0 Å². The summed E-state index contributed by atoms with van der Waals surface area (Å²) in [5, 5.41) is 0.743. The monoisotopic (exact) mass is 374 g/mol. The number of hydrogen-bond acceptors (Lipinski definition) is 3. The second kappa shape index (κ2) is 8.75. The zero-order valence-corrected chi connectivity index (χ0v) is 16.0. The first-order chi connectivity index (χ1) is 12.1. The Hall–Kier alpha value is -1.49. The van der Waals surface area contributed by atoms with Crippen molar-refractivity contribution in [1.82, 2.24) is 9.80 Å². The molecule has 0 aliphatic carbocycles. The fourth-order valence-corrected chi connectivity index (χ4v) is 4.21. The van der Waals surface area contributed by atoms with Crippen LogP contribution >= 0.6 is 23.4 Å². The van der Waals surface area contributed by atoms with E-state index >= 15 is 0 Å². The maximum Gasteiger partial charge on any atom is 0.233 e. The molecule has 5 heteroatoms. The van der Waals surface area contributed by atoms with E-state index in [1.54, 1.807) is 11.8 Å². The summed E-state index contributed by atoms with van der Waals surface area (Å²) >= 11 is 7.67. The molecular formula is C20H23ClN2OS. The lowest BCUT2D eigenvalue weighted by atomic mass is 10.0. The van der Waals surface area contributed by atoms with E-state index in [-0.39, 0.29) is 11.9 Å². The summed E-state index contributed by atoms with van der Waals surface area (Å²) in [6.07, 6.45) is 0. The van der Waals surface area contributed by atoms with Crippen LogP contribution in [-0.2, 0) is 10.5 Å². The van der Waals surface area contributed by atoms with Crippen molar-refractivity contribution >= 4 is 29.3 Å². The molecule has 25 heavy (non-hydrogen) atoms. The molecule has 3 rings (SSSR count). The first-order valence-corrected chi connectivity index (χ1v) is 10.0. The van der Waals surface area contributed by atoms with Crippen molar-refractivity contribution in [2.45, 2.75) is 11.8 Å². The van der Waals surface area contributed by atoms with Crippen molar-refractivity contribution in [1.29, 1.82) is 0 Å². The predicted molar refractivity (Wildman–Crippen MR) is 106 cm³/mol. The smallest absolute Gasteiger partial charge is 0.233 e. The summed E-state index contributed by atoms with van der Waals surface area (Å²) in [7, 11) is 2.12. The van der Waals surface area contributed by atoms with E-state index in [0.29, 0.717) is 5.75 Å². The van der Waals surface area contributed by atoms with Crippen LogP contribution in [0.2, 0.25) is 5.02 Å². The average Bonchev–Trinajstić information content (AvgIpc) is 2.62. The Morgan fingerprint density at radius 1 is 1.16 bits per heavy atom. The van der Waals surface area contributed by atoms with E-state index in [1.165, 1.54) is 5.56 Å². The van der Waals surface area contributed by atoms with Crippen LogP contribution in [0.4, 0.5) is 0 Å². The lowest BCUT2D eigenvalue weighted by Crippen LogP contribution is -2.49. The van der Waals surface area contributed by atoms with Crippen LogP contribution in [0, 0.1) is 0 Å². The molecule has 0 N–H and O–H groups in total. The van der Waals surface area contributed by atoms with Gasteiger partial charge in [-0.15, -0.1) is 11.8 Å². The van der Waals surface area contributed by atoms with Gasteiger partial charge in [0.05, 0.1) is 11.8 Å². The first-order valence-electron chi connectivity index (χ1n) is 8.48. The third-order valence-corrected chi connectivity index (χ3v) is 5.70. The highest BCUT2D eigenvalue weighted by molar-refractivity contribution is 7.99. The van der Waals surface area contributed by atoms with E-state index in [9.17, 15) is 4.79 Å². The fraction of sp³-hybridized carbons (Fsp3) is 0.350. The third-order valence-electron chi connectivity index (χ3n) is 4.47. The van der Waals surface area contributed by atoms with Gasteiger partial charge in [-0.1, -0.05) is 54.1 Å². The minimum absolute atomic E-state index is 0.138. The number of carbonyl (C=O) groups excluding carboxylic acids is 1. The van der Waals surface area contributed by atoms with E-state index in [1.807, 2.05) is 47.4 Å². The molecule has 0 aromatic heterocycles. The molecule has 0 saturated carbocycles. The molecule has 1 fully saturated rings. The molecule has 1 unspecified atom stereocenters. The molecule has 2 aromatic rings. The summed E-state index contributed by atoms with van der Waals surface area (Å²) in [4.78, 5) is 17.1. The molecule has 3 nitrogen and oxygen atoms in total. The van der Waals surface area contributed by atoms with Crippen LogP contribution < -0.4 is 0 Å². The fourth-order valence-electron chi connectivity index (χ4n) is 3.14. The van der Waals surface area contributed by atoms with Crippen LogP contribution in [0.5, 0.6) is 0 Å². The van der Waals surface area contributed by atoms with Crippen molar-refractivity contribution in [2.75, 3.05) is 32.4 Å². The molecule has 0 bridgehead atoms. The third kappa shape index (κ3) is 5.00.